The maximum atomic E-state index is 11.9. The molecule has 0 amide bonds. The molecule has 0 aliphatic rings. The number of hydrogen-bond acceptors (Lipinski definition) is 4. The number of rotatable bonds is 4. The minimum atomic E-state index is -0.570. The van der Waals surface area contributed by atoms with Crippen LogP contribution in [0.15, 0.2) is 24.3 Å². The molecule has 4 heteroatoms. The molecule has 4 nitrogen and oxygen atoms in total. The summed E-state index contributed by atoms with van der Waals surface area (Å²) >= 11 is 0. The van der Waals surface area contributed by atoms with Crippen molar-refractivity contribution < 1.29 is 14.6 Å². The van der Waals surface area contributed by atoms with Crippen molar-refractivity contribution in [3.63, 3.8) is 0 Å². The molecule has 2 rings (SSSR count). The summed E-state index contributed by atoms with van der Waals surface area (Å²) < 4.78 is 5.09. The fourth-order valence-corrected chi connectivity index (χ4v) is 1.93. The molecule has 0 aliphatic heterocycles. The van der Waals surface area contributed by atoms with Crippen molar-refractivity contribution >= 4 is 16.7 Å². The molecule has 0 bridgehead atoms. The number of unbranched alkanes of at least 4 members (excludes halogenated alkanes) is 1. The lowest BCUT2D eigenvalue weighted by molar-refractivity contribution is 0.0489. The summed E-state index contributed by atoms with van der Waals surface area (Å²) in [6, 6.07) is 7.31. The van der Waals surface area contributed by atoms with Crippen molar-refractivity contribution in [2.24, 2.45) is 0 Å². The second-order valence-electron chi connectivity index (χ2n) is 4.43. The topological polar surface area (TPSA) is 59.4 Å². The van der Waals surface area contributed by atoms with E-state index < -0.39 is 5.97 Å². The van der Waals surface area contributed by atoms with E-state index in [1.165, 1.54) is 0 Å². The third-order valence-electron chi connectivity index (χ3n) is 3.00. The van der Waals surface area contributed by atoms with E-state index in [0.717, 1.165) is 18.2 Å². The number of aryl methyl sites for hydroxylation is 1. The predicted octanol–water partition coefficient (Wildman–Crippen LogP) is 3.21. The molecule has 100 valence electrons. The lowest BCUT2D eigenvalue weighted by Gasteiger charge is -2.09. The van der Waals surface area contributed by atoms with E-state index in [1.54, 1.807) is 6.07 Å². The first-order valence-electron chi connectivity index (χ1n) is 6.40. The molecule has 0 spiro atoms. The number of aromatic nitrogens is 1. The number of benzene rings is 1. The number of aromatic hydroxyl groups is 1. The van der Waals surface area contributed by atoms with Crippen LogP contribution < -0.4 is 0 Å². The fourth-order valence-electron chi connectivity index (χ4n) is 1.93. The summed E-state index contributed by atoms with van der Waals surface area (Å²) in [4.78, 5) is 16.0. The van der Waals surface area contributed by atoms with Crippen LogP contribution in [-0.4, -0.2) is 22.7 Å². The van der Waals surface area contributed by atoms with Gasteiger partial charge < -0.3 is 9.84 Å². The van der Waals surface area contributed by atoms with Gasteiger partial charge in [-0.1, -0.05) is 37.6 Å². The maximum Gasteiger partial charge on any atom is 0.360 e. The lowest BCUT2D eigenvalue weighted by atomic mass is 10.1. The average Bonchev–Trinajstić information content (AvgIpc) is 2.43. The van der Waals surface area contributed by atoms with Gasteiger partial charge in [0.1, 0.15) is 0 Å². The first-order valence-corrected chi connectivity index (χ1v) is 6.40. The Morgan fingerprint density at radius 1 is 1.32 bits per heavy atom. The van der Waals surface area contributed by atoms with E-state index in [0.29, 0.717) is 17.7 Å². The van der Waals surface area contributed by atoms with Crippen LogP contribution in [0.1, 0.15) is 35.9 Å². The molecule has 0 aliphatic carbocycles. The van der Waals surface area contributed by atoms with E-state index in [4.69, 9.17) is 4.74 Å². The van der Waals surface area contributed by atoms with Gasteiger partial charge in [0.25, 0.3) is 0 Å². The highest BCUT2D eigenvalue weighted by molar-refractivity contribution is 5.99. The molecule has 1 heterocycles. The Kier molecular flexibility index (Phi) is 4.00. The highest BCUT2D eigenvalue weighted by atomic mass is 16.5. The summed E-state index contributed by atoms with van der Waals surface area (Å²) in [5.41, 5.74) is 0.697. The van der Waals surface area contributed by atoms with E-state index in [-0.39, 0.29) is 11.4 Å². The second-order valence-corrected chi connectivity index (χ2v) is 4.43. The lowest BCUT2D eigenvalue weighted by Crippen LogP contribution is -2.10. The SMILES string of the molecule is CCCCOC(=O)c1nc(C)c2ccccc2c1O. The maximum absolute atomic E-state index is 11.9. The molecule has 0 fully saturated rings. The molecule has 1 aromatic heterocycles. The average molecular weight is 259 g/mol. The zero-order valence-electron chi connectivity index (χ0n) is 11.1. The third-order valence-corrected chi connectivity index (χ3v) is 3.00. The molecule has 0 saturated heterocycles. The van der Waals surface area contributed by atoms with Gasteiger partial charge in [-0.3, -0.25) is 0 Å². The van der Waals surface area contributed by atoms with Crippen molar-refractivity contribution in [2.75, 3.05) is 6.61 Å². The number of hydrogen-bond donors (Lipinski definition) is 1. The first-order chi connectivity index (χ1) is 9.15. The van der Waals surface area contributed by atoms with E-state index >= 15 is 0 Å². The van der Waals surface area contributed by atoms with Crippen LogP contribution >= 0.6 is 0 Å². The highest BCUT2D eigenvalue weighted by Gasteiger charge is 2.18. The number of carbonyl (C=O) groups is 1. The minimum Gasteiger partial charge on any atom is -0.505 e. The molecule has 1 N–H and O–H groups in total. The Balaban J connectivity index is 2.39. The van der Waals surface area contributed by atoms with Gasteiger partial charge >= 0.3 is 5.97 Å². The van der Waals surface area contributed by atoms with Crippen molar-refractivity contribution in [3.05, 3.63) is 35.7 Å². The zero-order chi connectivity index (χ0) is 13.8. The first kappa shape index (κ1) is 13.3. The van der Waals surface area contributed by atoms with Crippen LogP contribution in [0, 0.1) is 6.92 Å². The molecule has 0 saturated carbocycles. The van der Waals surface area contributed by atoms with Gasteiger partial charge in [-0.05, 0) is 13.3 Å². The number of fused-ring (bicyclic) bond motifs is 1. The number of esters is 1. The van der Waals surface area contributed by atoms with Gasteiger partial charge in [0.15, 0.2) is 11.4 Å². The van der Waals surface area contributed by atoms with Crippen LogP contribution in [0.3, 0.4) is 0 Å². The predicted molar refractivity (Wildman–Crippen MR) is 73.3 cm³/mol. The monoisotopic (exact) mass is 259 g/mol. The molecule has 19 heavy (non-hydrogen) atoms. The summed E-state index contributed by atoms with van der Waals surface area (Å²) in [6.07, 6.45) is 1.75. The summed E-state index contributed by atoms with van der Waals surface area (Å²) in [5, 5.41) is 11.6. The van der Waals surface area contributed by atoms with Crippen LogP contribution in [0.5, 0.6) is 5.75 Å². The Bertz CT molecular complexity index is 608. The summed E-state index contributed by atoms with van der Waals surface area (Å²) in [5.74, 6) is -0.678. The van der Waals surface area contributed by atoms with Gasteiger partial charge in [0.2, 0.25) is 0 Å². The minimum absolute atomic E-state index is 0.00713. The van der Waals surface area contributed by atoms with Gasteiger partial charge in [-0.25, -0.2) is 9.78 Å². The van der Waals surface area contributed by atoms with Crippen molar-refractivity contribution in [3.8, 4) is 5.75 Å². The van der Waals surface area contributed by atoms with Crippen LogP contribution in [0.2, 0.25) is 0 Å². The Labute approximate surface area is 112 Å². The Morgan fingerprint density at radius 3 is 2.68 bits per heavy atom. The van der Waals surface area contributed by atoms with Crippen molar-refractivity contribution in [1.29, 1.82) is 0 Å². The molecule has 0 atom stereocenters. The molecule has 1 aromatic carbocycles. The molecular weight excluding hydrogens is 242 g/mol. The van der Waals surface area contributed by atoms with Gasteiger partial charge in [-0.15, -0.1) is 0 Å². The highest BCUT2D eigenvalue weighted by Crippen LogP contribution is 2.29. The Hall–Kier alpha value is -2.10. The summed E-state index contributed by atoms with van der Waals surface area (Å²) in [7, 11) is 0. The van der Waals surface area contributed by atoms with Crippen molar-refractivity contribution in [1.82, 2.24) is 4.98 Å². The van der Waals surface area contributed by atoms with Crippen molar-refractivity contribution in [2.45, 2.75) is 26.7 Å². The number of ether oxygens (including phenoxy) is 1. The molecular formula is C15H17NO3. The summed E-state index contributed by atoms with van der Waals surface area (Å²) in [6.45, 7) is 4.18. The van der Waals surface area contributed by atoms with Crippen LogP contribution in [-0.2, 0) is 4.74 Å². The molecule has 0 unspecified atom stereocenters. The fraction of sp³-hybridized carbons (Fsp3) is 0.333. The van der Waals surface area contributed by atoms with E-state index in [2.05, 4.69) is 4.98 Å². The molecule has 2 aromatic rings. The quantitative estimate of drug-likeness (QED) is 0.676. The standard InChI is InChI=1S/C15H17NO3/c1-3-4-9-19-15(18)13-14(17)12-8-6-5-7-11(12)10(2)16-13/h5-8,17H,3-4,9H2,1-2H3. The normalized spacial score (nSPS) is 10.6. The molecule has 0 radical (unpaired) electrons. The number of nitrogens with zero attached hydrogens (tertiary/aromatic N) is 1. The largest absolute Gasteiger partial charge is 0.505 e. The van der Waals surface area contributed by atoms with Gasteiger partial charge in [0, 0.05) is 16.5 Å². The van der Waals surface area contributed by atoms with E-state index in [1.807, 2.05) is 32.0 Å². The number of pyridine rings is 1. The van der Waals surface area contributed by atoms with Gasteiger partial charge in [0.05, 0.1) is 6.61 Å². The third kappa shape index (κ3) is 2.67. The smallest absolute Gasteiger partial charge is 0.360 e. The number of carbonyl (C=O) groups excluding carboxylic acids is 1. The van der Waals surface area contributed by atoms with Crippen LogP contribution in [0.4, 0.5) is 0 Å². The van der Waals surface area contributed by atoms with Crippen LogP contribution in [0.25, 0.3) is 10.8 Å². The second kappa shape index (κ2) is 5.69. The Morgan fingerprint density at radius 2 is 2.00 bits per heavy atom. The van der Waals surface area contributed by atoms with Gasteiger partial charge in [-0.2, -0.15) is 0 Å². The van der Waals surface area contributed by atoms with E-state index in [9.17, 15) is 9.90 Å². The zero-order valence-corrected chi connectivity index (χ0v) is 11.1.